The van der Waals surface area contributed by atoms with Crippen molar-refractivity contribution in [2.24, 2.45) is 0 Å². The maximum Gasteiger partial charge on any atom is 0.338 e. The van der Waals surface area contributed by atoms with E-state index in [0.717, 1.165) is 19.3 Å². The fraction of sp³-hybridized carbons (Fsp3) is 0.333. The van der Waals surface area contributed by atoms with Gasteiger partial charge < -0.3 is 10.1 Å². The summed E-state index contributed by atoms with van der Waals surface area (Å²) >= 11 is 0. The Bertz CT molecular complexity index is 983. The number of anilines is 1. The summed E-state index contributed by atoms with van der Waals surface area (Å²) in [5.74, 6) is -1.14. The number of nitrogens with one attached hydrogen (secondary N) is 1. The predicted octanol–water partition coefficient (Wildman–Crippen LogP) is 2.97. The number of amides is 1. The maximum atomic E-state index is 12.9. The van der Waals surface area contributed by atoms with Crippen LogP contribution in [0.2, 0.25) is 0 Å². The number of aryl methyl sites for hydroxylation is 1. The van der Waals surface area contributed by atoms with Gasteiger partial charge in [0.25, 0.3) is 5.91 Å². The average Bonchev–Trinajstić information content (AvgIpc) is 2.74. The second kappa shape index (κ2) is 9.19. The molecule has 0 bridgehead atoms. The molecule has 0 aromatic heterocycles. The van der Waals surface area contributed by atoms with Crippen LogP contribution in [0.4, 0.5) is 5.69 Å². The zero-order chi connectivity index (χ0) is 20.9. The molecule has 2 aromatic rings. The second-order valence-electron chi connectivity index (χ2n) is 6.93. The standard InChI is InChI=1S/C21H24N2O5S/c1-16-10-11-18(29(26,27)23-12-6-3-7-13-23)14-19(16)22-20(24)15-28-21(25)17-8-4-2-5-9-17/h2,4-5,8-11,14H,3,6-7,12-13,15H2,1H3,(H,22,24). The molecule has 0 unspecified atom stereocenters. The molecule has 1 fully saturated rings. The monoisotopic (exact) mass is 416 g/mol. The molecule has 0 saturated carbocycles. The second-order valence-corrected chi connectivity index (χ2v) is 8.87. The van der Waals surface area contributed by atoms with Gasteiger partial charge in [-0.05, 0) is 49.6 Å². The highest BCUT2D eigenvalue weighted by atomic mass is 32.2. The van der Waals surface area contributed by atoms with Crippen molar-refractivity contribution >= 4 is 27.6 Å². The van der Waals surface area contributed by atoms with E-state index < -0.39 is 28.5 Å². The van der Waals surface area contributed by atoms with Crippen molar-refractivity contribution < 1.29 is 22.7 Å². The number of carbonyl (C=O) groups is 2. The van der Waals surface area contributed by atoms with Gasteiger partial charge in [0.2, 0.25) is 10.0 Å². The molecule has 8 heteroatoms. The molecule has 0 radical (unpaired) electrons. The van der Waals surface area contributed by atoms with E-state index >= 15 is 0 Å². The summed E-state index contributed by atoms with van der Waals surface area (Å²) in [5, 5.41) is 2.63. The molecule has 0 atom stereocenters. The molecular weight excluding hydrogens is 392 g/mol. The average molecular weight is 416 g/mol. The molecule has 1 N–H and O–H groups in total. The van der Waals surface area contributed by atoms with Gasteiger partial charge in [-0.15, -0.1) is 0 Å². The molecule has 0 spiro atoms. The lowest BCUT2D eigenvalue weighted by molar-refractivity contribution is -0.119. The van der Waals surface area contributed by atoms with E-state index in [0.29, 0.717) is 29.9 Å². The van der Waals surface area contributed by atoms with Crippen LogP contribution in [0, 0.1) is 6.92 Å². The molecule has 1 aliphatic rings. The summed E-state index contributed by atoms with van der Waals surface area (Å²) in [6.07, 6.45) is 2.73. The van der Waals surface area contributed by atoms with Gasteiger partial charge in [0.05, 0.1) is 10.5 Å². The highest BCUT2D eigenvalue weighted by Crippen LogP contribution is 2.25. The molecule has 3 rings (SSSR count). The van der Waals surface area contributed by atoms with E-state index in [2.05, 4.69) is 5.32 Å². The summed E-state index contributed by atoms with van der Waals surface area (Å²) in [6, 6.07) is 13.0. The number of carbonyl (C=O) groups excluding carboxylic acids is 2. The van der Waals surface area contributed by atoms with Gasteiger partial charge in [-0.3, -0.25) is 4.79 Å². The summed E-state index contributed by atoms with van der Waals surface area (Å²) in [4.78, 5) is 24.3. The lowest BCUT2D eigenvalue weighted by Crippen LogP contribution is -2.35. The number of benzene rings is 2. The molecule has 7 nitrogen and oxygen atoms in total. The highest BCUT2D eigenvalue weighted by molar-refractivity contribution is 7.89. The lowest BCUT2D eigenvalue weighted by Gasteiger charge is -2.26. The van der Waals surface area contributed by atoms with E-state index in [9.17, 15) is 18.0 Å². The first-order chi connectivity index (χ1) is 13.9. The van der Waals surface area contributed by atoms with Crippen LogP contribution in [0.15, 0.2) is 53.4 Å². The van der Waals surface area contributed by atoms with Crippen molar-refractivity contribution in [3.05, 3.63) is 59.7 Å². The minimum absolute atomic E-state index is 0.140. The van der Waals surface area contributed by atoms with Crippen LogP contribution < -0.4 is 5.32 Å². The molecule has 1 heterocycles. The molecule has 1 saturated heterocycles. The van der Waals surface area contributed by atoms with E-state index in [1.165, 1.54) is 10.4 Å². The minimum atomic E-state index is -3.60. The topological polar surface area (TPSA) is 92.8 Å². The van der Waals surface area contributed by atoms with Crippen LogP contribution in [-0.2, 0) is 19.6 Å². The van der Waals surface area contributed by atoms with Gasteiger partial charge in [-0.25, -0.2) is 13.2 Å². The first-order valence-electron chi connectivity index (χ1n) is 9.51. The summed E-state index contributed by atoms with van der Waals surface area (Å²) in [6.45, 7) is 2.32. The zero-order valence-corrected chi connectivity index (χ0v) is 17.1. The SMILES string of the molecule is Cc1ccc(S(=O)(=O)N2CCCCC2)cc1NC(=O)COC(=O)c1ccccc1. The van der Waals surface area contributed by atoms with Gasteiger partial charge in [-0.2, -0.15) is 4.31 Å². The largest absolute Gasteiger partial charge is 0.452 e. The highest BCUT2D eigenvalue weighted by Gasteiger charge is 2.26. The maximum absolute atomic E-state index is 12.9. The fourth-order valence-corrected chi connectivity index (χ4v) is 4.67. The quantitative estimate of drug-likeness (QED) is 0.731. The van der Waals surface area contributed by atoms with E-state index in [-0.39, 0.29) is 4.90 Å². The van der Waals surface area contributed by atoms with Crippen molar-refractivity contribution in [1.29, 1.82) is 0 Å². The van der Waals surface area contributed by atoms with Crippen molar-refractivity contribution in [3.63, 3.8) is 0 Å². The number of ether oxygens (including phenoxy) is 1. The number of rotatable bonds is 6. The molecule has 1 aliphatic heterocycles. The van der Waals surface area contributed by atoms with Crippen LogP contribution in [0.5, 0.6) is 0 Å². The van der Waals surface area contributed by atoms with Gasteiger partial charge in [0.1, 0.15) is 0 Å². The van der Waals surface area contributed by atoms with Crippen LogP contribution in [-0.4, -0.2) is 44.3 Å². The Labute approximate surface area is 170 Å². The van der Waals surface area contributed by atoms with Crippen LogP contribution in [0.25, 0.3) is 0 Å². The first-order valence-corrected chi connectivity index (χ1v) is 10.9. The Balaban J connectivity index is 1.66. The molecule has 154 valence electrons. The number of sulfonamides is 1. The number of hydrogen-bond donors (Lipinski definition) is 1. The molecular formula is C21H24N2O5S. The van der Waals surface area contributed by atoms with Crippen molar-refractivity contribution in [1.82, 2.24) is 4.31 Å². The van der Waals surface area contributed by atoms with Gasteiger partial charge in [0, 0.05) is 18.8 Å². The number of hydrogen-bond acceptors (Lipinski definition) is 5. The first kappa shape index (κ1) is 21.0. The third-order valence-corrected chi connectivity index (χ3v) is 6.67. The van der Waals surface area contributed by atoms with Crippen molar-refractivity contribution in [2.45, 2.75) is 31.1 Å². The predicted molar refractivity (Wildman–Crippen MR) is 109 cm³/mol. The Hall–Kier alpha value is -2.71. The Morgan fingerprint density at radius 2 is 1.72 bits per heavy atom. The van der Waals surface area contributed by atoms with Gasteiger partial charge in [-0.1, -0.05) is 30.7 Å². The van der Waals surface area contributed by atoms with Gasteiger partial charge >= 0.3 is 5.97 Å². The van der Waals surface area contributed by atoms with E-state index in [4.69, 9.17) is 4.74 Å². The normalized spacial score (nSPS) is 14.9. The molecule has 2 aromatic carbocycles. The van der Waals surface area contributed by atoms with Crippen molar-refractivity contribution in [2.75, 3.05) is 25.0 Å². The summed E-state index contributed by atoms with van der Waals surface area (Å²) in [7, 11) is -3.60. The smallest absolute Gasteiger partial charge is 0.338 e. The number of esters is 1. The van der Waals surface area contributed by atoms with Crippen molar-refractivity contribution in [3.8, 4) is 0 Å². The third-order valence-electron chi connectivity index (χ3n) is 4.78. The van der Waals surface area contributed by atoms with Crippen LogP contribution in [0.3, 0.4) is 0 Å². The third kappa shape index (κ3) is 5.21. The minimum Gasteiger partial charge on any atom is -0.452 e. The Kier molecular flexibility index (Phi) is 6.66. The van der Waals surface area contributed by atoms with E-state index in [1.54, 1.807) is 49.4 Å². The Morgan fingerprint density at radius 1 is 1.03 bits per heavy atom. The molecule has 0 aliphatic carbocycles. The lowest BCUT2D eigenvalue weighted by atomic mass is 10.2. The zero-order valence-electron chi connectivity index (χ0n) is 16.3. The van der Waals surface area contributed by atoms with Crippen LogP contribution >= 0.6 is 0 Å². The van der Waals surface area contributed by atoms with Crippen LogP contribution in [0.1, 0.15) is 35.2 Å². The molecule has 1 amide bonds. The summed E-state index contributed by atoms with van der Waals surface area (Å²) < 4.78 is 32.2. The fourth-order valence-electron chi connectivity index (χ4n) is 3.13. The van der Waals surface area contributed by atoms with E-state index in [1.807, 2.05) is 0 Å². The molecule has 29 heavy (non-hydrogen) atoms. The Morgan fingerprint density at radius 3 is 2.41 bits per heavy atom. The summed E-state index contributed by atoms with van der Waals surface area (Å²) in [5.41, 5.74) is 1.44. The number of piperidine rings is 1. The number of nitrogens with zero attached hydrogens (tertiary/aromatic N) is 1. The van der Waals surface area contributed by atoms with Gasteiger partial charge in [0.15, 0.2) is 6.61 Å².